The Morgan fingerprint density at radius 1 is 0.968 bits per heavy atom. The minimum Gasteiger partial charge on any atom is -0.353 e. The summed E-state index contributed by atoms with van der Waals surface area (Å²) in [6.07, 6.45) is 10.3. The molecule has 0 amide bonds. The van der Waals surface area contributed by atoms with Crippen molar-refractivity contribution in [1.82, 2.24) is 14.5 Å². The van der Waals surface area contributed by atoms with Crippen LogP contribution >= 0.6 is 11.6 Å². The van der Waals surface area contributed by atoms with Gasteiger partial charge in [-0.15, -0.1) is 0 Å². The molecule has 4 nitrogen and oxygen atoms in total. The standard InChI is InChI=1S/C26H27ClN4/c1-2-30(21-11-7-4-8-12-21)25-24-23(19-9-5-3-6-10-19)17-31(26(24)29-18-28-25)22-15-13-20(27)14-16-22/h3,5-6,9-10,13-18,21H,2,4,7-8,11-12H2,1H3. The van der Waals surface area contributed by atoms with Crippen LogP contribution in [0.2, 0.25) is 5.02 Å². The van der Waals surface area contributed by atoms with Gasteiger partial charge in [-0.05, 0) is 49.6 Å². The molecule has 158 valence electrons. The first-order valence-corrected chi connectivity index (χ1v) is 11.6. The van der Waals surface area contributed by atoms with E-state index in [4.69, 9.17) is 21.6 Å². The van der Waals surface area contributed by atoms with E-state index in [-0.39, 0.29) is 0 Å². The maximum absolute atomic E-state index is 6.15. The molecule has 0 radical (unpaired) electrons. The van der Waals surface area contributed by atoms with E-state index in [0.29, 0.717) is 6.04 Å². The summed E-state index contributed by atoms with van der Waals surface area (Å²) >= 11 is 6.15. The van der Waals surface area contributed by atoms with Crippen molar-refractivity contribution in [3.05, 3.63) is 72.1 Å². The summed E-state index contributed by atoms with van der Waals surface area (Å²) in [7, 11) is 0. The largest absolute Gasteiger partial charge is 0.353 e. The molecule has 0 spiro atoms. The van der Waals surface area contributed by atoms with Gasteiger partial charge in [-0.25, -0.2) is 9.97 Å². The molecule has 5 rings (SSSR count). The third-order valence-corrected chi connectivity index (χ3v) is 6.63. The van der Waals surface area contributed by atoms with E-state index in [1.54, 1.807) is 6.33 Å². The highest BCUT2D eigenvalue weighted by Crippen LogP contribution is 2.38. The van der Waals surface area contributed by atoms with Crippen LogP contribution in [0, 0.1) is 0 Å². The third kappa shape index (κ3) is 3.81. The minimum absolute atomic E-state index is 0.541. The van der Waals surface area contributed by atoms with Crippen molar-refractivity contribution in [2.45, 2.75) is 45.1 Å². The molecule has 0 atom stereocenters. The number of hydrogen-bond acceptors (Lipinski definition) is 3. The second-order valence-corrected chi connectivity index (χ2v) is 8.67. The molecule has 1 saturated carbocycles. The van der Waals surface area contributed by atoms with Crippen molar-refractivity contribution in [1.29, 1.82) is 0 Å². The molecule has 2 aromatic heterocycles. The zero-order valence-corrected chi connectivity index (χ0v) is 18.6. The van der Waals surface area contributed by atoms with Crippen molar-refractivity contribution < 1.29 is 0 Å². The summed E-state index contributed by atoms with van der Waals surface area (Å²) in [4.78, 5) is 12.1. The van der Waals surface area contributed by atoms with Crippen LogP contribution < -0.4 is 4.90 Å². The zero-order valence-electron chi connectivity index (χ0n) is 17.8. The van der Waals surface area contributed by atoms with Crippen LogP contribution in [-0.2, 0) is 0 Å². The summed E-state index contributed by atoms with van der Waals surface area (Å²) in [6, 6.07) is 19.0. The van der Waals surface area contributed by atoms with Gasteiger partial charge in [-0.1, -0.05) is 61.2 Å². The Hall–Kier alpha value is -2.85. The van der Waals surface area contributed by atoms with Crippen LogP contribution in [0.4, 0.5) is 5.82 Å². The number of aromatic nitrogens is 3. The zero-order chi connectivity index (χ0) is 21.2. The van der Waals surface area contributed by atoms with Gasteiger partial charge in [0.1, 0.15) is 12.1 Å². The van der Waals surface area contributed by atoms with E-state index in [1.807, 2.05) is 24.3 Å². The third-order valence-electron chi connectivity index (χ3n) is 6.38. The van der Waals surface area contributed by atoms with Gasteiger partial charge >= 0.3 is 0 Å². The second-order valence-electron chi connectivity index (χ2n) is 8.23. The quantitative estimate of drug-likeness (QED) is 0.345. The lowest BCUT2D eigenvalue weighted by molar-refractivity contribution is 0.417. The van der Waals surface area contributed by atoms with E-state index < -0.39 is 0 Å². The van der Waals surface area contributed by atoms with E-state index >= 15 is 0 Å². The SMILES string of the molecule is CCN(c1ncnc2c1c(-c1ccccc1)cn2-c1ccc(Cl)cc1)C1CCCCC1. The Labute approximate surface area is 188 Å². The molecule has 5 heteroatoms. The molecule has 4 aromatic rings. The molecular weight excluding hydrogens is 404 g/mol. The Bertz CT molecular complexity index is 1160. The van der Waals surface area contributed by atoms with Gasteiger partial charge in [0.05, 0.1) is 5.39 Å². The summed E-state index contributed by atoms with van der Waals surface area (Å²) < 4.78 is 2.16. The maximum atomic E-state index is 6.15. The Morgan fingerprint density at radius 2 is 1.71 bits per heavy atom. The molecule has 1 aliphatic carbocycles. The van der Waals surface area contributed by atoms with Gasteiger partial charge in [0.2, 0.25) is 0 Å². The summed E-state index contributed by atoms with van der Waals surface area (Å²) in [6.45, 7) is 3.18. The molecule has 1 fully saturated rings. The van der Waals surface area contributed by atoms with Gasteiger partial charge < -0.3 is 9.47 Å². The first-order chi connectivity index (χ1) is 15.3. The first kappa shape index (κ1) is 20.1. The van der Waals surface area contributed by atoms with Gasteiger partial charge in [0, 0.05) is 35.1 Å². The van der Waals surface area contributed by atoms with E-state index in [0.717, 1.165) is 39.7 Å². The van der Waals surface area contributed by atoms with Gasteiger partial charge in [0.15, 0.2) is 5.65 Å². The summed E-state index contributed by atoms with van der Waals surface area (Å²) in [5, 5.41) is 1.85. The molecule has 1 aliphatic rings. The first-order valence-electron chi connectivity index (χ1n) is 11.2. The number of halogens is 1. The van der Waals surface area contributed by atoms with Crippen LogP contribution in [0.1, 0.15) is 39.0 Å². The topological polar surface area (TPSA) is 34.0 Å². The number of hydrogen-bond donors (Lipinski definition) is 0. The number of anilines is 1. The normalized spacial score (nSPS) is 14.8. The molecule has 0 saturated heterocycles. The fourth-order valence-corrected chi connectivity index (χ4v) is 5.00. The van der Waals surface area contributed by atoms with Crippen LogP contribution in [0.15, 0.2) is 67.1 Å². The van der Waals surface area contributed by atoms with Gasteiger partial charge in [-0.3, -0.25) is 0 Å². The number of nitrogens with zero attached hydrogens (tertiary/aromatic N) is 4. The van der Waals surface area contributed by atoms with Crippen molar-refractivity contribution in [2.75, 3.05) is 11.4 Å². The van der Waals surface area contributed by atoms with E-state index in [9.17, 15) is 0 Å². The Morgan fingerprint density at radius 3 is 2.42 bits per heavy atom. The van der Waals surface area contributed by atoms with E-state index in [2.05, 4.69) is 52.9 Å². The molecule has 0 N–H and O–H groups in total. The summed E-state index contributed by atoms with van der Waals surface area (Å²) in [5.41, 5.74) is 4.31. The average Bonchev–Trinajstić information content (AvgIpc) is 3.22. The predicted molar refractivity (Wildman–Crippen MR) is 129 cm³/mol. The van der Waals surface area contributed by atoms with Crippen LogP contribution in [0.25, 0.3) is 27.8 Å². The van der Waals surface area contributed by atoms with Crippen molar-refractivity contribution in [3.8, 4) is 16.8 Å². The summed E-state index contributed by atoms with van der Waals surface area (Å²) in [5.74, 6) is 1.05. The molecule has 31 heavy (non-hydrogen) atoms. The van der Waals surface area contributed by atoms with Crippen molar-refractivity contribution >= 4 is 28.5 Å². The minimum atomic E-state index is 0.541. The van der Waals surface area contributed by atoms with Gasteiger partial charge in [-0.2, -0.15) is 0 Å². The fraction of sp³-hybridized carbons (Fsp3) is 0.308. The Balaban J connectivity index is 1.74. The average molecular weight is 431 g/mol. The highest BCUT2D eigenvalue weighted by Gasteiger charge is 2.26. The number of fused-ring (bicyclic) bond motifs is 1. The lowest BCUT2D eigenvalue weighted by atomic mass is 9.94. The molecule has 2 aromatic carbocycles. The highest BCUT2D eigenvalue weighted by molar-refractivity contribution is 6.30. The fourth-order valence-electron chi connectivity index (χ4n) is 4.87. The van der Waals surface area contributed by atoms with Crippen molar-refractivity contribution in [2.24, 2.45) is 0 Å². The second kappa shape index (κ2) is 8.72. The molecule has 0 bridgehead atoms. The van der Waals surface area contributed by atoms with Crippen LogP contribution in [0.3, 0.4) is 0 Å². The lowest BCUT2D eigenvalue weighted by Gasteiger charge is -2.35. The highest BCUT2D eigenvalue weighted by atomic mass is 35.5. The molecular formula is C26H27ClN4. The van der Waals surface area contributed by atoms with E-state index in [1.165, 1.54) is 37.7 Å². The molecule has 0 aliphatic heterocycles. The lowest BCUT2D eigenvalue weighted by Crippen LogP contribution is -2.37. The number of rotatable bonds is 5. The van der Waals surface area contributed by atoms with Gasteiger partial charge in [0.25, 0.3) is 0 Å². The smallest absolute Gasteiger partial charge is 0.150 e. The van der Waals surface area contributed by atoms with Crippen LogP contribution in [-0.4, -0.2) is 27.1 Å². The molecule has 0 unspecified atom stereocenters. The monoisotopic (exact) mass is 430 g/mol. The van der Waals surface area contributed by atoms with Crippen LogP contribution in [0.5, 0.6) is 0 Å². The number of benzene rings is 2. The maximum Gasteiger partial charge on any atom is 0.150 e. The van der Waals surface area contributed by atoms with Crippen molar-refractivity contribution in [3.63, 3.8) is 0 Å². The predicted octanol–water partition coefficient (Wildman–Crippen LogP) is 6.90. The Kier molecular flexibility index (Phi) is 5.65. The molecule has 2 heterocycles.